The Morgan fingerprint density at radius 1 is 1.39 bits per heavy atom. The second-order valence-electron chi connectivity index (χ2n) is 4.53. The van der Waals surface area contributed by atoms with Crippen molar-refractivity contribution in [3.05, 3.63) is 28.8 Å². The summed E-state index contributed by atoms with van der Waals surface area (Å²) in [4.78, 5) is 13.0. The Hall–Kier alpha value is -1.55. The second kappa shape index (κ2) is 6.40. The van der Waals surface area contributed by atoms with Crippen LogP contribution < -0.4 is 10.5 Å². The van der Waals surface area contributed by atoms with Crippen molar-refractivity contribution in [3.63, 3.8) is 0 Å². The Morgan fingerprint density at radius 2 is 2.06 bits per heavy atom. The van der Waals surface area contributed by atoms with Gasteiger partial charge in [0.05, 0.1) is 13.7 Å². The number of nitrogens with zero attached hydrogens (tertiary/aromatic N) is 1. The number of carbonyl (C=O) groups is 1. The topological polar surface area (TPSA) is 55.6 Å². The van der Waals surface area contributed by atoms with Crippen molar-refractivity contribution in [3.8, 4) is 5.75 Å². The van der Waals surface area contributed by atoms with Crippen LogP contribution in [0.2, 0.25) is 0 Å². The van der Waals surface area contributed by atoms with Crippen molar-refractivity contribution in [2.45, 2.75) is 20.3 Å². The van der Waals surface area contributed by atoms with E-state index in [-0.39, 0.29) is 12.5 Å². The number of hydrogen-bond donors (Lipinski definition) is 1. The maximum atomic E-state index is 11.4. The van der Waals surface area contributed by atoms with Gasteiger partial charge in [-0.3, -0.25) is 4.79 Å². The summed E-state index contributed by atoms with van der Waals surface area (Å²) in [5.41, 5.74) is 8.86. The first-order chi connectivity index (χ1) is 8.49. The number of hydrogen-bond acceptors (Lipinski definition) is 3. The summed E-state index contributed by atoms with van der Waals surface area (Å²) < 4.78 is 5.40. The zero-order valence-electron chi connectivity index (χ0n) is 11.6. The van der Waals surface area contributed by atoms with Crippen molar-refractivity contribution in [2.24, 2.45) is 5.73 Å². The van der Waals surface area contributed by atoms with Gasteiger partial charge in [0.2, 0.25) is 5.91 Å². The molecule has 1 rings (SSSR count). The highest BCUT2D eigenvalue weighted by Gasteiger charge is 2.11. The standard InChI is InChI=1S/C14H22N2O2/c1-10-7-11(2)12(13(8-10)18-4)5-6-16(3)14(17)9-15/h7-8H,5-6,9,15H2,1-4H3. The molecule has 0 aliphatic carbocycles. The van der Waals surface area contributed by atoms with Crippen molar-refractivity contribution >= 4 is 5.91 Å². The summed E-state index contributed by atoms with van der Waals surface area (Å²) >= 11 is 0. The van der Waals surface area contributed by atoms with E-state index in [1.54, 1.807) is 19.1 Å². The average molecular weight is 250 g/mol. The van der Waals surface area contributed by atoms with Gasteiger partial charge >= 0.3 is 0 Å². The van der Waals surface area contributed by atoms with Gasteiger partial charge in [-0.15, -0.1) is 0 Å². The van der Waals surface area contributed by atoms with E-state index in [2.05, 4.69) is 13.0 Å². The molecule has 0 aliphatic heterocycles. The maximum absolute atomic E-state index is 11.4. The molecule has 18 heavy (non-hydrogen) atoms. The van der Waals surface area contributed by atoms with Gasteiger partial charge in [0, 0.05) is 13.6 Å². The first kappa shape index (κ1) is 14.5. The lowest BCUT2D eigenvalue weighted by Gasteiger charge is -2.18. The molecule has 100 valence electrons. The number of carbonyl (C=O) groups excluding carboxylic acids is 1. The van der Waals surface area contributed by atoms with E-state index < -0.39 is 0 Å². The minimum Gasteiger partial charge on any atom is -0.496 e. The van der Waals surface area contributed by atoms with Crippen LogP contribution >= 0.6 is 0 Å². The van der Waals surface area contributed by atoms with Crippen molar-refractivity contribution in [2.75, 3.05) is 27.2 Å². The molecule has 4 heteroatoms. The van der Waals surface area contributed by atoms with Crippen LogP contribution in [0.3, 0.4) is 0 Å². The fourth-order valence-corrected chi connectivity index (χ4v) is 2.02. The molecule has 0 bridgehead atoms. The molecule has 0 unspecified atom stereocenters. The van der Waals surface area contributed by atoms with Crippen LogP contribution in [-0.4, -0.2) is 38.1 Å². The summed E-state index contributed by atoms with van der Waals surface area (Å²) in [6.07, 6.45) is 0.775. The zero-order valence-corrected chi connectivity index (χ0v) is 11.6. The van der Waals surface area contributed by atoms with Gasteiger partial charge in [0.1, 0.15) is 5.75 Å². The predicted molar refractivity (Wildman–Crippen MR) is 72.9 cm³/mol. The van der Waals surface area contributed by atoms with Gasteiger partial charge in [-0.05, 0) is 43.0 Å². The molecule has 1 aromatic carbocycles. The van der Waals surface area contributed by atoms with Gasteiger partial charge in [-0.2, -0.15) is 0 Å². The Morgan fingerprint density at radius 3 is 2.61 bits per heavy atom. The third-order valence-corrected chi connectivity index (χ3v) is 3.09. The molecule has 2 N–H and O–H groups in total. The number of methoxy groups -OCH3 is 1. The van der Waals surface area contributed by atoms with Crippen molar-refractivity contribution < 1.29 is 9.53 Å². The van der Waals surface area contributed by atoms with Crippen LogP contribution in [0.4, 0.5) is 0 Å². The van der Waals surface area contributed by atoms with E-state index in [9.17, 15) is 4.79 Å². The largest absolute Gasteiger partial charge is 0.496 e. The fraction of sp³-hybridized carbons (Fsp3) is 0.500. The molecule has 0 fully saturated rings. The third kappa shape index (κ3) is 3.47. The zero-order chi connectivity index (χ0) is 13.7. The van der Waals surface area contributed by atoms with Gasteiger partial charge in [0.25, 0.3) is 0 Å². The van der Waals surface area contributed by atoms with E-state index in [0.717, 1.165) is 17.7 Å². The molecule has 0 spiro atoms. The quantitative estimate of drug-likeness (QED) is 0.856. The molecule has 0 saturated carbocycles. The first-order valence-electron chi connectivity index (χ1n) is 6.07. The van der Waals surface area contributed by atoms with E-state index in [0.29, 0.717) is 6.54 Å². The van der Waals surface area contributed by atoms with Crippen LogP contribution in [0.1, 0.15) is 16.7 Å². The third-order valence-electron chi connectivity index (χ3n) is 3.09. The molecule has 1 aromatic rings. The molecule has 0 saturated heterocycles. The SMILES string of the molecule is COc1cc(C)cc(C)c1CCN(C)C(=O)CN. The van der Waals surface area contributed by atoms with E-state index in [4.69, 9.17) is 10.5 Å². The smallest absolute Gasteiger partial charge is 0.236 e. The number of ether oxygens (including phenoxy) is 1. The van der Waals surface area contributed by atoms with Crippen molar-refractivity contribution in [1.29, 1.82) is 0 Å². The van der Waals surface area contributed by atoms with E-state index >= 15 is 0 Å². The van der Waals surface area contributed by atoms with Crippen LogP contribution in [0.5, 0.6) is 5.75 Å². The highest BCUT2D eigenvalue weighted by Crippen LogP contribution is 2.24. The Balaban J connectivity index is 2.81. The lowest BCUT2D eigenvalue weighted by Crippen LogP contribution is -2.34. The van der Waals surface area contributed by atoms with Crippen LogP contribution in [0.25, 0.3) is 0 Å². The summed E-state index contributed by atoms with van der Waals surface area (Å²) in [6, 6.07) is 4.15. The molecule has 0 aliphatic rings. The molecular formula is C14H22N2O2. The number of amides is 1. The lowest BCUT2D eigenvalue weighted by molar-refractivity contribution is -0.128. The fourth-order valence-electron chi connectivity index (χ4n) is 2.02. The van der Waals surface area contributed by atoms with Crippen molar-refractivity contribution in [1.82, 2.24) is 4.90 Å². The average Bonchev–Trinajstić information content (AvgIpc) is 2.35. The molecule has 0 radical (unpaired) electrons. The Kier molecular flexibility index (Phi) is 5.16. The van der Waals surface area contributed by atoms with E-state index in [1.807, 2.05) is 13.0 Å². The number of likely N-dealkylation sites (N-methyl/N-ethyl adjacent to an activating group) is 1. The first-order valence-corrected chi connectivity index (χ1v) is 6.07. The molecule has 0 heterocycles. The second-order valence-corrected chi connectivity index (χ2v) is 4.53. The van der Waals surface area contributed by atoms with Gasteiger partial charge in [-0.25, -0.2) is 0 Å². The normalized spacial score (nSPS) is 10.3. The summed E-state index contributed by atoms with van der Waals surface area (Å²) in [5, 5.41) is 0. The van der Waals surface area contributed by atoms with Gasteiger partial charge < -0.3 is 15.4 Å². The number of aryl methyl sites for hydroxylation is 2. The minimum absolute atomic E-state index is 0.0428. The number of nitrogens with two attached hydrogens (primary N) is 1. The molecule has 4 nitrogen and oxygen atoms in total. The molecule has 1 amide bonds. The van der Waals surface area contributed by atoms with E-state index in [1.165, 1.54) is 11.1 Å². The summed E-state index contributed by atoms with van der Waals surface area (Å²) in [6.45, 7) is 4.82. The van der Waals surface area contributed by atoms with Crippen LogP contribution in [0, 0.1) is 13.8 Å². The van der Waals surface area contributed by atoms with Gasteiger partial charge in [-0.1, -0.05) is 6.07 Å². The highest BCUT2D eigenvalue weighted by atomic mass is 16.5. The maximum Gasteiger partial charge on any atom is 0.236 e. The lowest BCUT2D eigenvalue weighted by atomic mass is 10.0. The Labute approximate surface area is 109 Å². The number of benzene rings is 1. The Bertz CT molecular complexity index is 430. The molecule has 0 aromatic heterocycles. The summed E-state index contributed by atoms with van der Waals surface area (Å²) in [5.74, 6) is 0.847. The summed E-state index contributed by atoms with van der Waals surface area (Å²) in [7, 11) is 3.44. The minimum atomic E-state index is -0.0428. The molecule has 0 atom stereocenters. The van der Waals surface area contributed by atoms with Crippen LogP contribution in [-0.2, 0) is 11.2 Å². The highest BCUT2D eigenvalue weighted by molar-refractivity contribution is 5.77. The van der Waals surface area contributed by atoms with Crippen LogP contribution in [0.15, 0.2) is 12.1 Å². The van der Waals surface area contributed by atoms with Gasteiger partial charge in [0.15, 0.2) is 0 Å². The number of rotatable bonds is 5. The molecular weight excluding hydrogens is 228 g/mol. The monoisotopic (exact) mass is 250 g/mol. The predicted octanol–water partition coefficient (Wildman–Crippen LogP) is 1.27.